The molecule has 0 aliphatic carbocycles. The summed E-state index contributed by atoms with van der Waals surface area (Å²) in [6, 6.07) is 0. The van der Waals surface area contributed by atoms with Gasteiger partial charge in [-0.3, -0.25) is 0 Å². The van der Waals surface area contributed by atoms with E-state index in [-0.39, 0.29) is 17.8 Å². The Labute approximate surface area is 101 Å². The highest BCUT2D eigenvalue weighted by molar-refractivity contribution is 5.87. The lowest BCUT2D eigenvalue weighted by Gasteiger charge is -2.17. The summed E-state index contributed by atoms with van der Waals surface area (Å²) < 4.78 is 14.8. The highest BCUT2D eigenvalue weighted by Crippen LogP contribution is 2.03. The first-order valence-corrected chi connectivity index (χ1v) is 5.19. The second-order valence-electron chi connectivity index (χ2n) is 3.45. The van der Waals surface area contributed by atoms with Gasteiger partial charge in [-0.1, -0.05) is 13.2 Å². The molecule has 0 aliphatic heterocycles. The Kier molecular flexibility index (Phi) is 6.89. The molecular weight excluding hydrogens is 224 g/mol. The Morgan fingerprint density at radius 1 is 1.12 bits per heavy atom. The molecule has 0 heterocycles. The van der Waals surface area contributed by atoms with Crippen LogP contribution in [0.3, 0.4) is 0 Å². The molecule has 0 amide bonds. The van der Waals surface area contributed by atoms with Gasteiger partial charge in [0.05, 0.1) is 0 Å². The summed E-state index contributed by atoms with van der Waals surface area (Å²) in [7, 11) is 0. The summed E-state index contributed by atoms with van der Waals surface area (Å²) in [5.74, 6) is -1.14. The van der Waals surface area contributed by atoms with Crippen LogP contribution in [0.4, 0.5) is 0 Å². The lowest BCUT2D eigenvalue weighted by Crippen LogP contribution is -2.28. The third-order valence-electron chi connectivity index (χ3n) is 1.64. The first-order chi connectivity index (χ1) is 7.88. The molecule has 0 saturated heterocycles. The third kappa shape index (κ3) is 6.52. The molecular formula is C12H18O5. The minimum atomic E-state index is -0.924. The Hall–Kier alpha value is -1.62. The Bertz CT molecular complexity index is 319. The summed E-state index contributed by atoms with van der Waals surface area (Å²) in [5.41, 5.74) is 0.521. The van der Waals surface area contributed by atoms with E-state index in [1.807, 2.05) is 0 Å². The van der Waals surface area contributed by atoms with Gasteiger partial charge in [0.15, 0.2) is 6.61 Å². The number of carbonyl (C=O) groups excluding carboxylic acids is 2. The largest absolute Gasteiger partial charge is 0.456 e. The van der Waals surface area contributed by atoms with Crippen molar-refractivity contribution in [2.75, 3.05) is 13.2 Å². The molecule has 96 valence electrons. The van der Waals surface area contributed by atoms with Crippen LogP contribution in [0.25, 0.3) is 0 Å². The fourth-order valence-electron chi connectivity index (χ4n) is 0.789. The van der Waals surface area contributed by atoms with Crippen molar-refractivity contribution in [3.8, 4) is 0 Å². The van der Waals surface area contributed by atoms with Crippen LogP contribution < -0.4 is 0 Å². The number of carbonyl (C=O) groups is 2. The van der Waals surface area contributed by atoms with Crippen LogP contribution in [-0.2, 0) is 23.8 Å². The van der Waals surface area contributed by atoms with E-state index < -0.39 is 18.2 Å². The Morgan fingerprint density at radius 3 is 2.06 bits per heavy atom. The number of hydrogen-bond donors (Lipinski definition) is 0. The van der Waals surface area contributed by atoms with Crippen LogP contribution in [0.5, 0.6) is 0 Å². The molecule has 5 nitrogen and oxygen atoms in total. The molecule has 0 aromatic heterocycles. The van der Waals surface area contributed by atoms with E-state index in [4.69, 9.17) is 14.2 Å². The highest BCUT2D eigenvalue weighted by atomic mass is 16.7. The maximum Gasteiger partial charge on any atom is 0.335 e. The van der Waals surface area contributed by atoms with E-state index in [0.29, 0.717) is 6.61 Å². The molecule has 1 atom stereocenters. The molecule has 5 heteroatoms. The molecule has 0 aliphatic rings. The van der Waals surface area contributed by atoms with Gasteiger partial charge in [0.2, 0.25) is 6.29 Å². The van der Waals surface area contributed by atoms with Crippen LogP contribution in [0, 0.1) is 0 Å². The zero-order valence-electron chi connectivity index (χ0n) is 10.4. The van der Waals surface area contributed by atoms with Crippen molar-refractivity contribution >= 4 is 11.9 Å². The molecule has 0 fully saturated rings. The molecule has 0 saturated carbocycles. The molecule has 0 N–H and O–H groups in total. The van der Waals surface area contributed by atoms with Gasteiger partial charge in [-0.15, -0.1) is 0 Å². The second kappa shape index (κ2) is 7.62. The fourth-order valence-corrected chi connectivity index (χ4v) is 0.789. The van der Waals surface area contributed by atoms with E-state index in [1.54, 1.807) is 6.92 Å². The molecule has 0 bridgehead atoms. The molecule has 0 radical (unpaired) electrons. The van der Waals surface area contributed by atoms with Gasteiger partial charge < -0.3 is 14.2 Å². The van der Waals surface area contributed by atoms with Gasteiger partial charge in [-0.25, -0.2) is 9.59 Å². The average Bonchev–Trinajstić information content (AvgIpc) is 2.25. The molecule has 0 spiro atoms. The topological polar surface area (TPSA) is 61.8 Å². The van der Waals surface area contributed by atoms with Crippen molar-refractivity contribution in [3.05, 3.63) is 24.3 Å². The molecule has 1 unspecified atom stereocenters. The second-order valence-corrected chi connectivity index (χ2v) is 3.45. The van der Waals surface area contributed by atoms with Crippen molar-refractivity contribution < 1.29 is 23.8 Å². The predicted molar refractivity (Wildman–Crippen MR) is 62.1 cm³/mol. The van der Waals surface area contributed by atoms with Crippen LogP contribution in [0.15, 0.2) is 24.3 Å². The Morgan fingerprint density at radius 2 is 1.65 bits per heavy atom. The van der Waals surface area contributed by atoms with Crippen LogP contribution in [0.2, 0.25) is 0 Å². The quantitative estimate of drug-likeness (QED) is 0.385. The van der Waals surface area contributed by atoms with E-state index in [1.165, 1.54) is 13.8 Å². The van der Waals surface area contributed by atoms with Crippen molar-refractivity contribution in [2.24, 2.45) is 0 Å². The van der Waals surface area contributed by atoms with Crippen LogP contribution in [-0.4, -0.2) is 31.4 Å². The summed E-state index contributed by atoms with van der Waals surface area (Å²) in [6.45, 7) is 11.8. The van der Waals surface area contributed by atoms with Crippen molar-refractivity contribution in [3.63, 3.8) is 0 Å². The number of hydrogen-bond acceptors (Lipinski definition) is 5. The minimum Gasteiger partial charge on any atom is -0.456 e. The van der Waals surface area contributed by atoms with Gasteiger partial charge in [0.25, 0.3) is 0 Å². The summed E-state index contributed by atoms with van der Waals surface area (Å²) in [5, 5.41) is 0. The lowest BCUT2D eigenvalue weighted by atomic mass is 10.3. The van der Waals surface area contributed by atoms with E-state index in [0.717, 1.165) is 0 Å². The Balaban J connectivity index is 4.24. The van der Waals surface area contributed by atoms with Crippen molar-refractivity contribution in [1.82, 2.24) is 0 Å². The average molecular weight is 242 g/mol. The predicted octanol–water partition coefficient (Wildman–Crippen LogP) is 1.59. The minimum absolute atomic E-state index is 0.168. The number of esters is 2. The zero-order chi connectivity index (χ0) is 13.4. The standard InChI is InChI=1S/C12H18O5/c1-6-15-10(17-12(14)9(4)5)7-16-11(13)8(2)3/h10H,2,4,6-7H2,1,3,5H3. The van der Waals surface area contributed by atoms with Crippen LogP contribution in [0.1, 0.15) is 20.8 Å². The summed E-state index contributed by atoms with van der Waals surface area (Å²) in [6.07, 6.45) is -0.924. The smallest absolute Gasteiger partial charge is 0.335 e. The van der Waals surface area contributed by atoms with E-state index in [2.05, 4.69) is 13.2 Å². The normalized spacial score (nSPS) is 11.5. The van der Waals surface area contributed by atoms with Gasteiger partial charge in [-0.2, -0.15) is 0 Å². The third-order valence-corrected chi connectivity index (χ3v) is 1.64. The molecule has 0 aromatic carbocycles. The lowest BCUT2D eigenvalue weighted by molar-refractivity contribution is -0.188. The fraction of sp³-hybridized carbons (Fsp3) is 0.500. The van der Waals surface area contributed by atoms with Gasteiger partial charge in [0, 0.05) is 17.8 Å². The summed E-state index contributed by atoms with van der Waals surface area (Å²) in [4.78, 5) is 22.4. The van der Waals surface area contributed by atoms with Crippen molar-refractivity contribution in [1.29, 1.82) is 0 Å². The number of ether oxygens (including phenoxy) is 3. The monoisotopic (exact) mass is 242 g/mol. The van der Waals surface area contributed by atoms with Gasteiger partial charge in [-0.05, 0) is 20.8 Å². The first-order valence-electron chi connectivity index (χ1n) is 5.19. The number of rotatable bonds is 7. The molecule has 0 rings (SSSR count). The van der Waals surface area contributed by atoms with Crippen LogP contribution >= 0.6 is 0 Å². The highest BCUT2D eigenvalue weighted by Gasteiger charge is 2.17. The maximum absolute atomic E-state index is 11.2. The van der Waals surface area contributed by atoms with Crippen molar-refractivity contribution in [2.45, 2.75) is 27.1 Å². The molecule has 0 aromatic rings. The van der Waals surface area contributed by atoms with E-state index >= 15 is 0 Å². The molecule has 17 heavy (non-hydrogen) atoms. The maximum atomic E-state index is 11.2. The summed E-state index contributed by atoms with van der Waals surface area (Å²) >= 11 is 0. The van der Waals surface area contributed by atoms with Gasteiger partial charge in [0.1, 0.15) is 0 Å². The van der Waals surface area contributed by atoms with E-state index in [9.17, 15) is 9.59 Å². The van der Waals surface area contributed by atoms with Gasteiger partial charge >= 0.3 is 11.9 Å². The zero-order valence-corrected chi connectivity index (χ0v) is 10.4. The SMILES string of the molecule is C=C(C)C(=O)OCC(OCC)OC(=O)C(=C)C. The first kappa shape index (κ1) is 15.4.